The molecule has 0 N–H and O–H groups in total. The monoisotopic (exact) mass is 192 g/mol. The molecule has 0 bridgehead atoms. The Morgan fingerprint density at radius 2 is 2.23 bits per heavy atom. The molecule has 6 heteroatoms. The molecule has 0 aliphatic carbocycles. The number of halogens is 3. The molecular formula is C7H7F3N2O. The van der Waals surface area contributed by atoms with Crippen LogP contribution in [0.2, 0.25) is 0 Å². The average Bonchev–Trinajstić information content (AvgIpc) is 2.73. The smallest absolute Gasteiger partial charge is 0.368 e. The minimum absolute atomic E-state index is 0.134. The highest BCUT2D eigenvalue weighted by molar-refractivity contribution is 5.25. The molecule has 1 aromatic heterocycles. The Morgan fingerprint density at radius 3 is 2.69 bits per heavy atom. The number of alkyl halides is 3. The topological polar surface area (TPSA) is 30.4 Å². The van der Waals surface area contributed by atoms with Crippen LogP contribution in [0.1, 0.15) is 17.4 Å². The number of aromatic nitrogens is 2. The zero-order chi connectivity index (χ0) is 9.64. The largest absolute Gasteiger partial charge is 0.435 e. The number of ether oxygens (including phenoxy) is 1. The van der Waals surface area contributed by atoms with Gasteiger partial charge in [-0.05, 0) is 0 Å². The van der Waals surface area contributed by atoms with E-state index in [-0.39, 0.29) is 5.56 Å². The van der Waals surface area contributed by atoms with Crippen LogP contribution in [0, 0.1) is 0 Å². The van der Waals surface area contributed by atoms with E-state index in [9.17, 15) is 13.2 Å². The van der Waals surface area contributed by atoms with Crippen molar-refractivity contribution in [3.63, 3.8) is 0 Å². The highest BCUT2D eigenvalue weighted by atomic mass is 19.4. The van der Waals surface area contributed by atoms with Crippen LogP contribution < -0.4 is 0 Å². The fourth-order valence-electron chi connectivity index (χ4n) is 1.19. The number of aryl methyl sites for hydroxylation is 1. The fourth-order valence-corrected chi connectivity index (χ4v) is 1.19. The molecular weight excluding hydrogens is 185 g/mol. The summed E-state index contributed by atoms with van der Waals surface area (Å²) in [5.41, 5.74) is -0.701. The van der Waals surface area contributed by atoms with Crippen molar-refractivity contribution in [2.24, 2.45) is 7.05 Å². The number of rotatable bonds is 1. The van der Waals surface area contributed by atoms with E-state index in [4.69, 9.17) is 4.74 Å². The van der Waals surface area contributed by atoms with Crippen molar-refractivity contribution >= 4 is 0 Å². The Morgan fingerprint density at radius 1 is 1.62 bits per heavy atom. The van der Waals surface area contributed by atoms with Crippen LogP contribution in [0.3, 0.4) is 0 Å². The summed E-state index contributed by atoms with van der Waals surface area (Å²) in [6.45, 7) is 0.356. The van der Waals surface area contributed by atoms with Gasteiger partial charge in [0.1, 0.15) is 6.10 Å². The molecule has 0 amide bonds. The van der Waals surface area contributed by atoms with Gasteiger partial charge in [-0.25, -0.2) is 0 Å². The summed E-state index contributed by atoms with van der Waals surface area (Å²) in [7, 11) is 1.46. The molecule has 2 heterocycles. The maximum absolute atomic E-state index is 12.3. The van der Waals surface area contributed by atoms with Crippen molar-refractivity contribution < 1.29 is 17.9 Å². The van der Waals surface area contributed by atoms with Crippen LogP contribution in [0.5, 0.6) is 0 Å². The van der Waals surface area contributed by atoms with Gasteiger partial charge in [0.05, 0.1) is 6.61 Å². The number of epoxide rings is 1. The maximum atomic E-state index is 12.3. The van der Waals surface area contributed by atoms with Crippen molar-refractivity contribution in [1.29, 1.82) is 0 Å². The number of hydrogen-bond donors (Lipinski definition) is 0. The summed E-state index contributed by atoms with van der Waals surface area (Å²) in [6.07, 6.45) is -3.45. The molecule has 1 aromatic rings. The van der Waals surface area contributed by atoms with Gasteiger partial charge in [-0.3, -0.25) is 4.68 Å². The molecule has 1 aliphatic heterocycles. The predicted molar refractivity (Wildman–Crippen MR) is 36.9 cm³/mol. The first-order valence-corrected chi connectivity index (χ1v) is 3.71. The Kier molecular flexibility index (Phi) is 1.63. The van der Waals surface area contributed by atoms with Gasteiger partial charge in [-0.15, -0.1) is 0 Å². The van der Waals surface area contributed by atoms with Crippen LogP contribution >= 0.6 is 0 Å². The molecule has 1 aliphatic rings. The van der Waals surface area contributed by atoms with Gasteiger partial charge in [-0.1, -0.05) is 0 Å². The summed E-state index contributed by atoms with van der Waals surface area (Å²) < 4.78 is 42.9. The third-order valence-corrected chi connectivity index (χ3v) is 1.81. The van der Waals surface area contributed by atoms with Gasteiger partial charge in [0.15, 0.2) is 5.69 Å². The zero-order valence-electron chi connectivity index (χ0n) is 6.80. The van der Waals surface area contributed by atoms with E-state index < -0.39 is 18.0 Å². The molecule has 1 fully saturated rings. The highest BCUT2D eigenvalue weighted by Crippen LogP contribution is 2.38. The standard InChI is InChI=1S/C7H7F3N2O/c1-12-2-4(5-3-13-5)6(11-12)7(8,9)10/h2,5H,3H2,1H3/t5-/m0/s1. The molecule has 0 unspecified atom stereocenters. The zero-order valence-corrected chi connectivity index (χ0v) is 6.80. The Bertz CT molecular complexity index is 327. The SMILES string of the molecule is Cn1cc([C@@H]2CO2)c(C(F)(F)F)n1. The Hall–Kier alpha value is -1.04. The van der Waals surface area contributed by atoms with Crippen molar-refractivity contribution in [2.45, 2.75) is 12.3 Å². The van der Waals surface area contributed by atoms with Crippen LogP contribution in [0.25, 0.3) is 0 Å². The minimum atomic E-state index is -4.39. The molecule has 72 valence electrons. The fraction of sp³-hybridized carbons (Fsp3) is 0.571. The van der Waals surface area contributed by atoms with Gasteiger partial charge < -0.3 is 4.74 Å². The summed E-state index contributed by atoms with van der Waals surface area (Å²) in [6, 6.07) is 0. The third-order valence-electron chi connectivity index (χ3n) is 1.81. The van der Waals surface area contributed by atoms with E-state index in [0.717, 1.165) is 4.68 Å². The highest BCUT2D eigenvalue weighted by Gasteiger charge is 2.42. The van der Waals surface area contributed by atoms with Gasteiger partial charge in [-0.2, -0.15) is 18.3 Å². The molecule has 2 rings (SSSR count). The summed E-state index contributed by atoms with van der Waals surface area (Å²) >= 11 is 0. The molecule has 0 radical (unpaired) electrons. The molecule has 0 aromatic carbocycles. The first-order valence-electron chi connectivity index (χ1n) is 3.71. The van der Waals surface area contributed by atoms with E-state index >= 15 is 0 Å². The lowest BCUT2D eigenvalue weighted by Crippen LogP contribution is -2.09. The van der Waals surface area contributed by atoms with Crippen molar-refractivity contribution in [3.05, 3.63) is 17.5 Å². The van der Waals surface area contributed by atoms with Crippen LogP contribution in [-0.4, -0.2) is 16.4 Å². The van der Waals surface area contributed by atoms with Crippen LogP contribution in [0.15, 0.2) is 6.20 Å². The summed E-state index contributed by atoms with van der Waals surface area (Å²) in [5, 5.41) is 3.35. The van der Waals surface area contributed by atoms with E-state index in [1.54, 1.807) is 0 Å². The van der Waals surface area contributed by atoms with Gasteiger partial charge in [0.2, 0.25) is 0 Å². The van der Waals surface area contributed by atoms with Gasteiger partial charge in [0, 0.05) is 18.8 Å². The molecule has 13 heavy (non-hydrogen) atoms. The molecule has 1 atom stereocenters. The summed E-state index contributed by atoms with van der Waals surface area (Å²) in [5.74, 6) is 0. The van der Waals surface area contributed by atoms with Gasteiger partial charge in [0.25, 0.3) is 0 Å². The normalized spacial score (nSPS) is 22.0. The predicted octanol–water partition coefficient (Wildman–Crippen LogP) is 1.51. The lowest BCUT2D eigenvalue weighted by molar-refractivity contribution is -0.142. The summed E-state index contributed by atoms with van der Waals surface area (Å²) in [4.78, 5) is 0. The average molecular weight is 192 g/mol. The number of nitrogens with zero attached hydrogens (tertiary/aromatic N) is 2. The Labute approximate surface area is 72.1 Å². The van der Waals surface area contributed by atoms with E-state index in [0.29, 0.717) is 6.61 Å². The van der Waals surface area contributed by atoms with Crippen molar-refractivity contribution in [1.82, 2.24) is 9.78 Å². The van der Waals surface area contributed by atoms with E-state index in [1.807, 2.05) is 0 Å². The lowest BCUT2D eigenvalue weighted by Gasteiger charge is -2.03. The second-order valence-corrected chi connectivity index (χ2v) is 2.93. The van der Waals surface area contributed by atoms with E-state index in [2.05, 4.69) is 5.10 Å². The molecule has 3 nitrogen and oxygen atoms in total. The molecule has 0 saturated carbocycles. The third kappa shape index (κ3) is 1.53. The Balaban J connectivity index is 2.42. The minimum Gasteiger partial charge on any atom is -0.368 e. The van der Waals surface area contributed by atoms with E-state index in [1.165, 1.54) is 13.2 Å². The van der Waals surface area contributed by atoms with Gasteiger partial charge >= 0.3 is 6.18 Å². The second kappa shape index (κ2) is 2.47. The lowest BCUT2D eigenvalue weighted by atomic mass is 10.2. The quantitative estimate of drug-likeness (QED) is 0.631. The second-order valence-electron chi connectivity index (χ2n) is 2.93. The first-order chi connectivity index (χ1) is 5.98. The van der Waals surface area contributed by atoms with Crippen molar-refractivity contribution in [3.8, 4) is 0 Å². The molecule has 0 spiro atoms. The maximum Gasteiger partial charge on any atom is 0.435 e. The first kappa shape index (κ1) is 8.55. The van der Waals surface area contributed by atoms with Crippen LogP contribution in [0.4, 0.5) is 13.2 Å². The van der Waals surface area contributed by atoms with Crippen LogP contribution in [-0.2, 0) is 18.0 Å². The number of hydrogen-bond acceptors (Lipinski definition) is 2. The van der Waals surface area contributed by atoms with Crippen molar-refractivity contribution in [2.75, 3.05) is 6.61 Å². The molecule has 1 saturated heterocycles.